The van der Waals surface area contributed by atoms with E-state index in [2.05, 4.69) is 0 Å². The predicted molar refractivity (Wildman–Crippen MR) is 70.9 cm³/mol. The molecule has 0 saturated heterocycles. The van der Waals surface area contributed by atoms with Crippen molar-refractivity contribution in [1.82, 2.24) is 0 Å². The largest absolute Gasteiger partial charge is 0.507 e. The third kappa shape index (κ3) is 2.05. The summed E-state index contributed by atoms with van der Waals surface area (Å²) in [6.07, 6.45) is 0. The van der Waals surface area contributed by atoms with Crippen LogP contribution in [0.2, 0.25) is 0 Å². The van der Waals surface area contributed by atoms with Gasteiger partial charge in [0.2, 0.25) is 0 Å². The second kappa shape index (κ2) is 4.39. The van der Waals surface area contributed by atoms with Gasteiger partial charge in [-0.1, -0.05) is 11.6 Å². The van der Waals surface area contributed by atoms with Crippen molar-refractivity contribution >= 4 is 0 Å². The molecular formula is C15H14O4. The standard InChI is InChI=1S/C15H14O4/c1-9-2-3-12(16)10(6-9)11-7-14-15(8-13(11)17)19-5-4-18-14/h2-3,6-8,16-17H,4-5H2,1H3. The van der Waals surface area contributed by atoms with Crippen molar-refractivity contribution in [2.45, 2.75) is 6.92 Å². The van der Waals surface area contributed by atoms with Crippen molar-refractivity contribution in [3.63, 3.8) is 0 Å². The monoisotopic (exact) mass is 258 g/mol. The maximum absolute atomic E-state index is 10.1. The van der Waals surface area contributed by atoms with E-state index in [1.54, 1.807) is 12.1 Å². The quantitative estimate of drug-likeness (QED) is 0.825. The zero-order valence-electron chi connectivity index (χ0n) is 10.5. The van der Waals surface area contributed by atoms with E-state index >= 15 is 0 Å². The summed E-state index contributed by atoms with van der Waals surface area (Å²) in [5.74, 6) is 1.29. The van der Waals surface area contributed by atoms with Crippen molar-refractivity contribution in [2.75, 3.05) is 13.2 Å². The van der Waals surface area contributed by atoms with Crippen LogP contribution in [0.3, 0.4) is 0 Å². The van der Waals surface area contributed by atoms with Gasteiger partial charge in [0.1, 0.15) is 24.7 Å². The molecule has 98 valence electrons. The van der Waals surface area contributed by atoms with Crippen LogP contribution in [-0.2, 0) is 0 Å². The van der Waals surface area contributed by atoms with Gasteiger partial charge in [0.25, 0.3) is 0 Å². The lowest BCUT2D eigenvalue weighted by molar-refractivity contribution is 0.171. The number of fused-ring (bicyclic) bond motifs is 1. The van der Waals surface area contributed by atoms with Crippen LogP contribution in [0.25, 0.3) is 11.1 Å². The zero-order valence-corrected chi connectivity index (χ0v) is 10.5. The van der Waals surface area contributed by atoms with E-state index in [1.165, 1.54) is 6.07 Å². The highest BCUT2D eigenvalue weighted by molar-refractivity contribution is 5.78. The summed E-state index contributed by atoms with van der Waals surface area (Å²) in [6, 6.07) is 8.46. The molecule has 2 aromatic rings. The number of phenols is 2. The Morgan fingerprint density at radius 2 is 1.47 bits per heavy atom. The maximum atomic E-state index is 10.1. The van der Waals surface area contributed by atoms with Crippen molar-refractivity contribution < 1.29 is 19.7 Å². The van der Waals surface area contributed by atoms with Crippen LogP contribution in [-0.4, -0.2) is 23.4 Å². The van der Waals surface area contributed by atoms with Gasteiger partial charge >= 0.3 is 0 Å². The Balaban J connectivity index is 2.17. The Labute approximate surface area is 110 Å². The fraction of sp³-hybridized carbons (Fsp3) is 0.200. The summed E-state index contributed by atoms with van der Waals surface area (Å²) < 4.78 is 10.9. The summed E-state index contributed by atoms with van der Waals surface area (Å²) in [6.45, 7) is 2.89. The number of rotatable bonds is 1. The lowest BCUT2D eigenvalue weighted by atomic mass is 10.0. The molecule has 0 aliphatic carbocycles. The average molecular weight is 258 g/mol. The predicted octanol–water partition coefficient (Wildman–Crippen LogP) is 2.84. The molecule has 0 bridgehead atoms. The van der Waals surface area contributed by atoms with Crippen molar-refractivity contribution in [3.8, 4) is 34.1 Å². The molecule has 19 heavy (non-hydrogen) atoms. The number of aromatic hydroxyl groups is 2. The Bertz CT molecular complexity index is 634. The van der Waals surface area contributed by atoms with Gasteiger partial charge in [0.05, 0.1) is 0 Å². The van der Waals surface area contributed by atoms with E-state index in [9.17, 15) is 10.2 Å². The first-order chi connectivity index (χ1) is 9.15. The van der Waals surface area contributed by atoms with Gasteiger partial charge in [-0.2, -0.15) is 0 Å². The van der Waals surface area contributed by atoms with E-state index in [1.807, 2.05) is 19.1 Å². The third-order valence-corrected chi connectivity index (χ3v) is 3.10. The highest BCUT2D eigenvalue weighted by Crippen LogP contribution is 2.43. The molecule has 0 aromatic heterocycles. The van der Waals surface area contributed by atoms with Gasteiger partial charge in [0.15, 0.2) is 11.5 Å². The molecule has 2 aromatic carbocycles. The van der Waals surface area contributed by atoms with Gasteiger partial charge in [-0.25, -0.2) is 0 Å². The third-order valence-electron chi connectivity index (χ3n) is 3.10. The highest BCUT2D eigenvalue weighted by atomic mass is 16.6. The van der Waals surface area contributed by atoms with Gasteiger partial charge in [-0.3, -0.25) is 0 Å². The molecule has 1 aliphatic rings. The van der Waals surface area contributed by atoms with E-state index in [0.29, 0.717) is 35.8 Å². The van der Waals surface area contributed by atoms with Crippen LogP contribution in [0.1, 0.15) is 5.56 Å². The number of aryl methyl sites for hydroxylation is 1. The number of phenolic OH excluding ortho intramolecular Hbond substituents is 2. The second-order valence-electron chi connectivity index (χ2n) is 4.53. The normalized spacial score (nSPS) is 13.3. The van der Waals surface area contributed by atoms with Crippen LogP contribution in [0.4, 0.5) is 0 Å². The molecule has 0 atom stereocenters. The molecule has 0 spiro atoms. The van der Waals surface area contributed by atoms with Crippen LogP contribution in [0, 0.1) is 6.92 Å². The van der Waals surface area contributed by atoms with Crippen molar-refractivity contribution in [2.24, 2.45) is 0 Å². The van der Waals surface area contributed by atoms with Crippen LogP contribution in [0.15, 0.2) is 30.3 Å². The molecular weight excluding hydrogens is 244 g/mol. The van der Waals surface area contributed by atoms with Crippen LogP contribution >= 0.6 is 0 Å². The molecule has 0 unspecified atom stereocenters. The molecule has 4 nitrogen and oxygen atoms in total. The van der Waals surface area contributed by atoms with E-state index in [4.69, 9.17) is 9.47 Å². The van der Waals surface area contributed by atoms with E-state index < -0.39 is 0 Å². The minimum Gasteiger partial charge on any atom is -0.507 e. The minimum absolute atomic E-state index is 0.0603. The van der Waals surface area contributed by atoms with Crippen molar-refractivity contribution in [1.29, 1.82) is 0 Å². The number of hydrogen-bond acceptors (Lipinski definition) is 4. The molecule has 1 heterocycles. The highest BCUT2D eigenvalue weighted by Gasteiger charge is 2.18. The fourth-order valence-corrected chi connectivity index (χ4v) is 2.16. The molecule has 2 N–H and O–H groups in total. The fourth-order valence-electron chi connectivity index (χ4n) is 2.16. The molecule has 0 fully saturated rings. The summed E-state index contributed by atoms with van der Waals surface area (Å²) in [7, 11) is 0. The maximum Gasteiger partial charge on any atom is 0.165 e. The molecule has 3 rings (SSSR count). The van der Waals surface area contributed by atoms with E-state index in [0.717, 1.165) is 5.56 Å². The molecule has 4 heteroatoms. The Hall–Kier alpha value is -2.36. The van der Waals surface area contributed by atoms with Gasteiger partial charge in [-0.15, -0.1) is 0 Å². The minimum atomic E-state index is 0.0603. The Kier molecular flexibility index (Phi) is 2.71. The van der Waals surface area contributed by atoms with Gasteiger partial charge in [-0.05, 0) is 25.1 Å². The van der Waals surface area contributed by atoms with Crippen LogP contribution < -0.4 is 9.47 Å². The summed E-state index contributed by atoms with van der Waals surface area (Å²) in [4.78, 5) is 0. The summed E-state index contributed by atoms with van der Waals surface area (Å²) in [5.41, 5.74) is 2.11. The molecule has 0 amide bonds. The molecule has 0 saturated carbocycles. The molecule has 1 aliphatic heterocycles. The number of benzene rings is 2. The van der Waals surface area contributed by atoms with Gasteiger partial charge in [0, 0.05) is 17.2 Å². The smallest absolute Gasteiger partial charge is 0.165 e. The lowest BCUT2D eigenvalue weighted by Crippen LogP contribution is -2.15. The summed E-state index contributed by atoms with van der Waals surface area (Å²) in [5, 5.41) is 20.0. The Morgan fingerprint density at radius 1 is 0.842 bits per heavy atom. The summed E-state index contributed by atoms with van der Waals surface area (Å²) >= 11 is 0. The average Bonchev–Trinajstić information content (AvgIpc) is 2.41. The van der Waals surface area contributed by atoms with E-state index in [-0.39, 0.29) is 11.5 Å². The number of ether oxygens (including phenoxy) is 2. The second-order valence-corrected chi connectivity index (χ2v) is 4.53. The van der Waals surface area contributed by atoms with Gasteiger partial charge < -0.3 is 19.7 Å². The molecule has 0 radical (unpaired) electrons. The topological polar surface area (TPSA) is 58.9 Å². The zero-order chi connectivity index (χ0) is 13.4. The van der Waals surface area contributed by atoms with Crippen molar-refractivity contribution in [3.05, 3.63) is 35.9 Å². The SMILES string of the molecule is Cc1ccc(O)c(-c2cc3c(cc2O)OCCO3)c1. The number of hydrogen-bond donors (Lipinski definition) is 2. The Morgan fingerprint density at radius 3 is 2.21 bits per heavy atom. The lowest BCUT2D eigenvalue weighted by Gasteiger charge is -2.20. The first kappa shape index (κ1) is 11.7. The first-order valence-electron chi connectivity index (χ1n) is 6.08. The van der Waals surface area contributed by atoms with Crippen LogP contribution in [0.5, 0.6) is 23.0 Å². The first-order valence-corrected chi connectivity index (χ1v) is 6.08.